The highest BCUT2D eigenvalue weighted by molar-refractivity contribution is 6.98. The molecule has 0 aliphatic heterocycles. The normalized spacial score (nSPS) is 17.7. The molecular weight excluding hydrogens is 577 g/mol. The van der Waals surface area contributed by atoms with Gasteiger partial charge in [0.2, 0.25) is 0 Å². The van der Waals surface area contributed by atoms with Crippen molar-refractivity contribution < 1.29 is 27.5 Å². The first kappa shape index (κ1) is 33.7. The number of benzene rings is 3. The van der Waals surface area contributed by atoms with E-state index in [1.54, 1.807) is 0 Å². The van der Waals surface area contributed by atoms with Crippen LogP contribution >= 0.6 is 0 Å². The molecule has 0 radical (unpaired) electrons. The molecule has 3 aromatic carbocycles. The number of rotatable bonds is 13. The van der Waals surface area contributed by atoms with Crippen LogP contribution in [-0.4, -0.2) is 31.4 Å². The Morgan fingerprint density at radius 2 is 1.39 bits per heavy atom. The van der Waals surface area contributed by atoms with Crippen LogP contribution in [0.15, 0.2) is 97.1 Å². The van der Waals surface area contributed by atoms with Crippen LogP contribution in [0.4, 0.5) is 13.2 Å². The van der Waals surface area contributed by atoms with E-state index in [-0.39, 0.29) is 18.5 Å². The van der Waals surface area contributed by atoms with E-state index in [9.17, 15) is 22.8 Å². The lowest BCUT2D eigenvalue weighted by Gasteiger charge is -2.41. The minimum atomic E-state index is -4.08. The monoisotopic (exact) mass is 622 g/mol. The van der Waals surface area contributed by atoms with Crippen LogP contribution in [-0.2, 0) is 16.0 Å². The number of aryl methyl sites for hydroxylation is 1. The number of alkyl halides is 3. The molecule has 0 atom stereocenters. The number of ether oxygens (including phenoxy) is 1. The van der Waals surface area contributed by atoms with E-state index >= 15 is 0 Å². The topological polar surface area (TPSA) is 46.5 Å². The lowest BCUT2D eigenvalue weighted by molar-refractivity contribution is -0.146. The quantitative estimate of drug-likeness (QED) is 0.0901. The number of esters is 1. The summed E-state index contributed by atoms with van der Waals surface area (Å²) in [5, 5.41) is 1.41. The van der Waals surface area contributed by atoms with Crippen LogP contribution in [0.5, 0.6) is 0 Å². The summed E-state index contributed by atoms with van der Waals surface area (Å²) in [6, 6.07) is 28.0. The van der Waals surface area contributed by atoms with Gasteiger partial charge in [0, 0.05) is 12.0 Å². The summed E-state index contributed by atoms with van der Waals surface area (Å²) in [5.74, 6) is 0.0237. The Morgan fingerprint density at radius 3 is 1.91 bits per heavy atom. The first-order chi connectivity index (χ1) is 20.9. The van der Waals surface area contributed by atoms with Crippen molar-refractivity contribution in [3.8, 4) is 0 Å². The number of hydrogen-bond donors (Lipinski definition) is 1. The van der Waals surface area contributed by atoms with E-state index < -0.39 is 26.0 Å². The van der Waals surface area contributed by atoms with Gasteiger partial charge in [-0.15, -0.1) is 0 Å². The highest BCUT2D eigenvalue weighted by Crippen LogP contribution is 2.41. The molecule has 3 aromatic rings. The summed E-state index contributed by atoms with van der Waals surface area (Å²) in [6.45, 7) is 8.23. The van der Waals surface area contributed by atoms with Crippen molar-refractivity contribution in [2.45, 2.75) is 101 Å². The first-order valence-electron chi connectivity index (χ1n) is 15.8. The molecule has 0 spiro atoms. The van der Waals surface area contributed by atoms with Gasteiger partial charge in [-0.25, -0.2) is 4.79 Å². The lowest BCUT2D eigenvalue weighted by Crippen LogP contribution is -2.65. The van der Waals surface area contributed by atoms with E-state index in [0.29, 0.717) is 37.2 Å². The predicted octanol–water partition coefficient (Wildman–Crippen LogP) is 8.40. The van der Waals surface area contributed by atoms with Crippen LogP contribution in [0.1, 0.15) is 88.7 Å². The number of halogens is 3. The molecule has 3 nitrogen and oxygen atoms in total. The zero-order chi connectivity index (χ0) is 31.8. The zero-order valence-electron chi connectivity index (χ0n) is 25.9. The second kappa shape index (κ2) is 14.7. The van der Waals surface area contributed by atoms with Gasteiger partial charge in [0.05, 0.1) is 0 Å². The van der Waals surface area contributed by atoms with Gasteiger partial charge >= 0.3 is 12.1 Å². The molecule has 0 aromatic heterocycles. The summed E-state index contributed by atoms with van der Waals surface area (Å²) in [6.07, 6.45) is 0.813. The Bertz CT molecular complexity index is 1310. The summed E-state index contributed by atoms with van der Waals surface area (Å²) < 4.78 is 43.0. The van der Waals surface area contributed by atoms with Gasteiger partial charge in [-0.1, -0.05) is 105 Å². The third-order valence-corrected chi connectivity index (χ3v) is 13.8. The van der Waals surface area contributed by atoms with Crippen LogP contribution in [0.25, 0.3) is 0 Å². The SMILES string of the molecule is C=C(CCC(C)(C)[Si](O)(c1ccccc1)c1ccccc1)C(=O)OC1CCC(c2ccc(CCCCC(F)(F)F)cc2)CC1. The van der Waals surface area contributed by atoms with E-state index in [1.165, 1.54) is 5.56 Å². The molecule has 1 aliphatic rings. The van der Waals surface area contributed by atoms with Crippen LogP contribution in [0.2, 0.25) is 5.04 Å². The van der Waals surface area contributed by atoms with Crippen molar-refractivity contribution in [1.82, 2.24) is 0 Å². The minimum Gasteiger partial charge on any atom is -0.459 e. The third-order valence-electron chi connectivity index (χ3n) is 9.28. The highest BCUT2D eigenvalue weighted by Gasteiger charge is 2.49. The Balaban J connectivity index is 1.26. The second-order valence-corrected chi connectivity index (χ2v) is 16.8. The Hall–Kier alpha value is -3.16. The summed E-state index contributed by atoms with van der Waals surface area (Å²) in [5.41, 5.74) is 2.73. The minimum absolute atomic E-state index is 0.142. The fraction of sp³-hybridized carbons (Fsp3) is 0.432. The van der Waals surface area contributed by atoms with Gasteiger partial charge in [-0.05, 0) is 90.2 Å². The summed E-state index contributed by atoms with van der Waals surface area (Å²) in [7, 11) is -3.17. The van der Waals surface area contributed by atoms with Crippen LogP contribution < -0.4 is 10.4 Å². The molecule has 0 amide bonds. The van der Waals surface area contributed by atoms with Crippen molar-refractivity contribution in [3.63, 3.8) is 0 Å². The molecule has 44 heavy (non-hydrogen) atoms. The zero-order valence-corrected chi connectivity index (χ0v) is 26.9. The smallest absolute Gasteiger partial charge is 0.389 e. The first-order valence-corrected chi connectivity index (χ1v) is 17.7. The Kier molecular flexibility index (Phi) is 11.3. The molecule has 1 fully saturated rings. The van der Waals surface area contributed by atoms with Gasteiger partial charge in [0.15, 0.2) is 0 Å². The van der Waals surface area contributed by atoms with Crippen molar-refractivity contribution >= 4 is 24.7 Å². The summed E-state index contributed by atoms with van der Waals surface area (Å²) in [4.78, 5) is 25.4. The standard InChI is InChI=1S/C37H45F3O3Si/c1-28(25-27-36(2,3)44(42,33-13-6-4-7-14-33)34-15-8-5-9-16-34)35(41)43-32-23-21-31(22-24-32)30-19-17-29(18-20-30)12-10-11-26-37(38,39)40/h4-9,13-20,31-32,42H,1,10-12,21-27H2,2-3H3. The second-order valence-electron chi connectivity index (χ2n) is 12.9. The molecule has 0 bridgehead atoms. The van der Waals surface area contributed by atoms with Gasteiger partial charge in [0.25, 0.3) is 8.32 Å². The maximum Gasteiger partial charge on any atom is 0.389 e. The van der Waals surface area contributed by atoms with Crippen molar-refractivity contribution in [1.29, 1.82) is 0 Å². The lowest BCUT2D eigenvalue weighted by atomic mass is 9.82. The number of carbonyl (C=O) groups is 1. The van der Waals surface area contributed by atoms with Crippen molar-refractivity contribution in [2.75, 3.05) is 0 Å². The molecule has 236 valence electrons. The highest BCUT2D eigenvalue weighted by atomic mass is 28.4. The molecular formula is C37H45F3O3Si. The Labute approximate surface area is 261 Å². The molecule has 0 saturated heterocycles. The maximum atomic E-state index is 13.0. The van der Waals surface area contributed by atoms with Gasteiger partial charge in [0.1, 0.15) is 6.10 Å². The molecule has 1 saturated carbocycles. The summed E-state index contributed by atoms with van der Waals surface area (Å²) >= 11 is 0. The van der Waals surface area contributed by atoms with Gasteiger partial charge in [-0.3, -0.25) is 0 Å². The molecule has 7 heteroatoms. The number of carbonyl (C=O) groups excluding carboxylic acids is 1. The van der Waals surface area contributed by atoms with E-state index in [2.05, 4.69) is 32.6 Å². The van der Waals surface area contributed by atoms with Crippen molar-refractivity contribution in [2.24, 2.45) is 0 Å². The molecule has 1 aliphatic carbocycles. The van der Waals surface area contributed by atoms with Gasteiger partial charge in [-0.2, -0.15) is 13.2 Å². The largest absolute Gasteiger partial charge is 0.459 e. The maximum absolute atomic E-state index is 13.0. The van der Waals surface area contributed by atoms with Crippen molar-refractivity contribution in [3.05, 3.63) is 108 Å². The molecule has 0 unspecified atom stereocenters. The molecule has 0 heterocycles. The molecule has 1 N–H and O–H groups in total. The predicted molar refractivity (Wildman–Crippen MR) is 174 cm³/mol. The van der Waals surface area contributed by atoms with E-state index in [0.717, 1.165) is 41.6 Å². The fourth-order valence-electron chi connectivity index (χ4n) is 6.41. The number of hydrogen-bond acceptors (Lipinski definition) is 3. The van der Waals surface area contributed by atoms with Crippen LogP contribution in [0.3, 0.4) is 0 Å². The average Bonchev–Trinajstić information content (AvgIpc) is 3.02. The van der Waals surface area contributed by atoms with Gasteiger partial charge < -0.3 is 9.53 Å². The fourth-order valence-corrected chi connectivity index (χ4v) is 10.1. The van der Waals surface area contributed by atoms with Crippen LogP contribution in [0, 0.1) is 0 Å². The van der Waals surface area contributed by atoms with E-state index in [4.69, 9.17) is 4.74 Å². The Morgan fingerprint density at radius 1 is 0.841 bits per heavy atom. The number of unbranched alkanes of at least 4 members (excludes halogenated alkanes) is 1. The average molecular weight is 623 g/mol. The molecule has 4 rings (SSSR count). The third kappa shape index (κ3) is 8.72. The van der Waals surface area contributed by atoms with E-state index in [1.807, 2.05) is 72.8 Å².